The van der Waals surface area contributed by atoms with Crippen LogP contribution in [0.15, 0.2) is 29.8 Å². The van der Waals surface area contributed by atoms with Gasteiger partial charge in [0, 0.05) is 11.5 Å². The van der Waals surface area contributed by atoms with Gasteiger partial charge in [-0.2, -0.15) is 5.06 Å². The number of benzene rings is 2. The number of hydrogen-bond donors (Lipinski definition) is 2. The van der Waals surface area contributed by atoms with Gasteiger partial charge in [-0.15, -0.1) is 23.2 Å². The first-order valence-corrected chi connectivity index (χ1v) is 13.9. The van der Waals surface area contributed by atoms with Gasteiger partial charge in [0.1, 0.15) is 5.69 Å². The van der Waals surface area contributed by atoms with Crippen molar-refractivity contribution in [1.82, 2.24) is 5.06 Å². The van der Waals surface area contributed by atoms with E-state index in [0.29, 0.717) is 0 Å². The van der Waals surface area contributed by atoms with E-state index in [0.717, 1.165) is 0 Å². The molecule has 2 heterocycles. The number of amides is 4. The number of fused-ring (bicyclic) bond motifs is 4. The zero-order valence-corrected chi connectivity index (χ0v) is 23.7. The van der Waals surface area contributed by atoms with Gasteiger partial charge in [-0.1, -0.05) is 23.8 Å². The van der Waals surface area contributed by atoms with Gasteiger partial charge in [0.05, 0.1) is 18.4 Å². The highest BCUT2D eigenvalue weighted by molar-refractivity contribution is 6.58. The minimum Gasteiger partial charge on any atom is -0.504 e. The number of ether oxygens (including phenoxy) is 1. The van der Waals surface area contributed by atoms with Crippen LogP contribution in [0.3, 0.4) is 0 Å². The molecule has 2 aromatic carbocycles. The van der Waals surface area contributed by atoms with Gasteiger partial charge in [0.15, 0.2) is 44.5 Å². The average Bonchev–Trinajstić information content (AvgIpc) is 3.30. The van der Waals surface area contributed by atoms with Gasteiger partial charge in [-0.05, 0) is 31.7 Å². The first-order valence-electron chi connectivity index (χ1n) is 13.1. The molecule has 9 nitrogen and oxygen atoms in total. The lowest BCUT2D eigenvalue weighted by atomic mass is 9.56. The average molecular weight is 661 g/mol. The summed E-state index contributed by atoms with van der Waals surface area (Å²) < 4.78 is 77.9. The van der Waals surface area contributed by atoms with Crippen molar-refractivity contribution in [2.75, 3.05) is 11.5 Å². The number of imide groups is 2. The van der Waals surface area contributed by atoms with Crippen LogP contribution in [0.2, 0.25) is 0 Å². The number of phenolic OH excluding ortho intramolecular Hbond substituents is 1. The summed E-state index contributed by atoms with van der Waals surface area (Å²) in [6.07, 6.45) is 0.524. The molecule has 0 bridgehead atoms. The highest BCUT2D eigenvalue weighted by Crippen LogP contribution is 2.67. The van der Waals surface area contributed by atoms with Crippen molar-refractivity contribution in [3.63, 3.8) is 0 Å². The third-order valence-corrected chi connectivity index (χ3v) is 10.3. The van der Waals surface area contributed by atoms with E-state index in [1.165, 1.54) is 24.3 Å². The van der Waals surface area contributed by atoms with Crippen molar-refractivity contribution in [1.29, 1.82) is 0 Å². The number of carbonyl (C=O) groups is 4. The first kappa shape index (κ1) is 30.3. The SMILES string of the molecule is CCOc1cccc(C2C3=CCC4C(=O)N(O)C(=O)C4C3CC3(Cl)C(=O)N(c4c(F)c(F)c(F)c(F)c4F)C(=O)C23Cl)c1O. The fraction of sp³-hybridized carbons (Fsp3) is 0.357. The Balaban J connectivity index is 1.63. The van der Waals surface area contributed by atoms with Crippen molar-refractivity contribution >= 4 is 52.5 Å². The third kappa shape index (κ3) is 3.55. The molecule has 4 amide bonds. The topological polar surface area (TPSA) is 124 Å². The Bertz CT molecular complexity index is 1710. The quantitative estimate of drug-likeness (QED) is 0.0945. The molecule has 0 spiro atoms. The van der Waals surface area contributed by atoms with E-state index in [1.807, 2.05) is 0 Å². The first-order chi connectivity index (χ1) is 20.6. The van der Waals surface area contributed by atoms with Crippen LogP contribution < -0.4 is 9.64 Å². The van der Waals surface area contributed by atoms with Crippen LogP contribution in [0, 0.1) is 46.8 Å². The Morgan fingerprint density at radius 2 is 1.55 bits per heavy atom. The number of aromatic hydroxyl groups is 1. The molecule has 6 unspecified atom stereocenters. The number of para-hydroxylation sites is 1. The van der Waals surface area contributed by atoms with Gasteiger partial charge in [0.25, 0.3) is 23.6 Å². The van der Waals surface area contributed by atoms with E-state index >= 15 is 8.78 Å². The number of hydrogen-bond acceptors (Lipinski definition) is 7. The maximum absolute atomic E-state index is 15.0. The minimum absolute atomic E-state index is 0.0661. The number of allylic oxidation sites excluding steroid dienone is 2. The maximum Gasteiger partial charge on any atom is 0.258 e. The Hall–Kier alpha value is -3.75. The second kappa shape index (κ2) is 9.88. The predicted octanol–water partition coefficient (Wildman–Crippen LogP) is 4.44. The second-order valence-corrected chi connectivity index (χ2v) is 12.0. The van der Waals surface area contributed by atoms with Crippen LogP contribution in [0.4, 0.5) is 27.6 Å². The summed E-state index contributed by atoms with van der Waals surface area (Å²) in [7, 11) is 0. The van der Waals surface area contributed by atoms with Gasteiger partial charge < -0.3 is 9.84 Å². The number of carbonyl (C=O) groups excluding carboxylic acids is 4. The monoisotopic (exact) mass is 660 g/mol. The molecule has 44 heavy (non-hydrogen) atoms. The lowest BCUT2D eigenvalue weighted by Gasteiger charge is -2.50. The van der Waals surface area contributed by atoms with Crippen LogP contribution in [0.25, 0.3) is 0 Å². The molecule has 4 aliphatic rings. The summed E-state index contributed by atoms with van der Waals surface area (Å²) in [6, 6.07) is 4.02. The van der Waals surface area contributed by atoms with Crippen molar-refractivity contribution < 1.29 is 56.2 Å². The molecule has 2 N–H and O–H groups in total. The largest absolute Gasteiger partial charge is 0.504 e. The summed E-state index contributed by atoms with van der Waals surface area (Å²) in [6.45, 7) is 1.67. The minimum atomic E-state index is -2.80. The van der Waals surface area contributed by atoms with Crippen LogP contribution in [0.1, 0.15) is 31.2 Å². The van der Waals surface area contributed by atoms with Crippen LogP contribution in [-0.4, -0.2) is 55.4 Å². The molecule has 6 atom stereocenters. The fourth-order valence-electron chi connectivity index (χ4n) is 6.94. The van der Waals surface area contributed by atoms with Crippen LogP contribution in [-0.2, 0) is 19.2 Å². The molecule has 2 aliphatic carbocycles. The van der Waals surface area contributed by atoms with Crippen LogP contribution in [0.5, 0.6) is 11.5 Å². The van der Waals surface area contributed by atoms with E-state index in [-0.39, 0.29) is 39.9 Å². The number of alkyl halides is 2. The Morgan fingerprint density at radius 3 is 2.16 bits per heavy atom. The van der Waals surface area contributed by atoms with Crippen LogP contribution >= 0.6 is 23.2 Å². The molecule has 2 aliphatic heterocycles. The number of halogens is 7. The number of nitrogens with zero attached hydrogens (tertiary/aromatic N) is 2. The van der Waals surface area contributed by atoms with Gasteiger partial charge in [-0.25, -0.2) is 26.9 Å². The summed E-state index contributed by atoms with van der Waals surface area (Å²) in [4.78, 5) is 48.0. The predicted molar refractivity (Wildman–Crippen MR) is 139 cm³/mol. The molecular weight excluding hydrogens is 642 g/mol. The summed E-state index contributed by atoms with van der Waals surface area (Å²) in [5.41, 5.74) is -2.00. The summed E-state index contributed by atoms with van der Waals surface area (Å²) in [5, 5.41) is 21.3. The number of hydroxylamine groups is 2. The highest BCUT2D eigenvalue weighted by Gasteiger charge is 2.77. The second-order valence-electron chi connectivity index (χ2n) is 10.8. The Morgan fingerprint density at radius 1 is 0.932 bits per heavy atom. The molecule has 3 fully saturated rings. The molecule has 1 saturated carbocycles. The Labute approximate surface area is 254 Å². The lowest BCUT2D eigenvalue weighted by Crippen LogP contribution is -2.60. The number of anilines is 1. The number of phenols is 1. The maximum atomic E-state index is 15.0. The van der Waals surface area contributed by atoms with E-state index in [9.17, 15) is 42.7 Å². The lowest BCUT2D eigenvalue weighted by molar-refractivity contribution is -0.173. The molecule has 232 valence electrons. The van der Waals surface area contributed by atoms with Crippen molar-refractivity contribution in [2.24, 2.45) is 17.8 Å². The summed E-state index contributed by atoms with van der Waals surface area (Å²) in [5.74, 6) is -23.9. The molecule has 0 radical (unpaired) electrons. The van der Waals surface area contributed by atoms with Gasteiger partial charge in [-0.3, -0.25) is 24.4 Å². The normalized spacial score (nSPS) is 31.2. The van der Waals surface area contributed by atoms with E-state index < -0.39 is 104 Å². The molecule has 0 aromatic heterocycles. The highest BCUT2D eigenvalue weighted by atomic mass is 35.5. The smallest absolute Gasteiger partial charge is 0.258 e. The van der Waals surface area contributed by atoms with Gasteiger partial charge in [0.2, 0.25) is 5.82 Å². The van der Waals surface area contributed by atoms with Crippen molar-refractivity contribution in [2.45, 2.75) is 35.4 Å². The Kier molecular flexibility index (Phi) is 6.80. The molecular formula is C28H19Cl2F5N2O7. The standard InChI is InChI=1S/C28H19Cl2F5N2O7/c1-2-44-13-5-3-4-11(22(13)38)15-9-6-7-10-14(24(40)37(43)23(10)39)12(9)8-27(29)25(41)36(26(42)28(15,27)30)21-19(34)17(32)16(31)18(33)20(21)35/h3-6,10,12,14-15,38,43H,2,7-8H2,1H3. The molecule has 2 aromatic rings. The van der Waals surface area contributed by atoms with E-state index in [4.69, 9.17) is 27.9 Å². The number of rotatable bonds is 4. The zero-order chi connectivity index (χ0) is 32.2. The third-order valence-electron chi connectivity index (χ3n) is 8.84. The zero-order valence-electron chi connectivity index (χ0n) is 22.2. The van der Waals surface area contributed by atoms with Gasteiger partial charge >= 0.3 is 0 Å². The van der Waals surface area contributed by atoms with E-state index in [2.05, 4.69) is 0 Å². The fourth-order valence-corrected chi connectivity index (χ4v) is 7.87. The summed E-state index contributed by atoms with van der Waals surface area (Å²) >= 11 is 13.9. The van der Waals surface area contributed by atoms with Crippen molar-refractivity contribution in [3.8, 4) is 11.5 Å². The molecule has 6 rings (SSSR count). The van der Waals surface area contributed by atoms with E-state index in [1.54, 1.807) is 6.92 Å². The van der Waals surface area contributed by atoms with Crippen molar-refractivity contribution in [3.05, 3.63) is 64.5 Å². The molecule has 2 saturated heterocycles. The molecule has 16 heteroatoms.